The van der Waals surface area contributed by atoms with Crippen molar-refractivity contribution in [3.05, 3.63) is 0 Å². The van der Waals surface area contributed by atoms with Gasteiger partial charge in [0.25, 0.3) is 0 Å². The van der Waals surface area contributed by atoms with E-state index in [0.29, 0.717) is 0 Å². The van der Waals surface area contributed by atoms with E-state index >= 15 is 0 Å². The zero-order valence-electron chi connectivity index (χ0n) is 10.0. The number of hydrogen-bond acceptors (Lipinski definition) is 3. The molecule has 0 radical (unpaired) electrons. The van der Waals surface area contributed by atoms with Crippen LogP contribution in [-0.2, 0) is 4.74 Å². The lowest BCUT2D eigenvalue weighted by atomic mass is 10.3. The largest absolute Gasteiger partial charge is 0.385 e. The number of methoxy groups -OCH3 is 1. The van der Waals surface area contributed by atoms with Crippen LogP contribution in [0.5, 0.6) is 0 Å². The van der Waals surface area contributed by atoms with Crippen LogP contribution < -0.4 is 5.32 Å². The van der Waals surface area contributed by atoms with E-state index in [1.54, 1.807) is 7.11 Å². The van der Waals surface area contributed by atoms with Crippen LogP contribution in [0.25, 0.3) is 0 Å². The molecule has 0 heterocycles. The fourth-order valence-electron chi connectivity index (χ4n) is 1.39. The molecular formula is C11H28N2O. The molecule has 0 amide bonds. The van der Waals surface area contributed by atoms with Crippen LogP contribution in [0.2, 0.25) is 0 Å². The van der Waals surface area contributed by atoms with Crippen molar-refractivity contribution in [1.29, 1.82) is 0 Å². The zero-order valence-corrected chi connectivity index (χ0v) is 10.0. The van der Waals surface area contributed by atoms with Crippen LogP contribution >= 0.6 is 0 Å². The highest BCUT2D eigenvalue weighted by atomic mass is 16.5. The van der Waals surface area contributed by atoms with E-state index < -0.39 is 0 Å². The molecule has 0 spiro atoms. The maximum atomic E-state index is 5.01. The maximum absolute atomic E-state index is 5.01. The standard InChI is InChI=1S/C11H26N2O.H2/c1-4-12-8-7-10-13(2)9-5-6-11-14-3;/h12H,4-11H2,1-3H3;1H. The van der Waals surface area contributed by atoms with Crippen LogP contribution in [0, 0.1) is 0 Å². The van der Waals surface area contributed by atoms with Gasteiger partial charge in [-0.15, -0.1) is 0 Å². The van der Waals surface area contributed by atoms with Gasteiger partial charge in [-0.3, -0.25) is 0 Å². The molecule has 0 rings (SSSR count). The lowest BCUT2D eigenvalue weighted by molar-refractivity contribution is 0.187. The molecule has 0 aliphatic carbocycles. The van der Waals surface area contributed by atoms with Gasteiger partial charge in [-0.05, 0) is 52.5 Å². The van der Waals surface area contributed by atoms with E-state index in [-0.39, 0.29) is 1.43 Å². The molecule has 0 saturated carbocycles. The van der Waals surface area contributed by atoms with Gasteiger partial charge in [0.2, 0.25) is 0 Å². The van der Waals surface area contributed by atoms with Crippen molar-refractivity contribution >= 4 is 0 Å². The van der Waals surface area contributed by atoms with Crippen LogP contribution in [0.3, 0.4) is 0 Å². The fourth-order valence-corrected chi connectivity index (χ4v) is 1.39. The first-order valence-electron chi connectivity index (χ1n) is 5.69. The van der Waals surface area contributed by atoms with Crippen molar-refractivity contribution in [2.75, 3.05) is 46.9 Å². The minimum atomic E-state index is 0. The average molecular weight is 204 g/mol. The summed E-state index contributed by atoms with van der Waals surface area (Å²) < 4.78 is 5.01. The monoisotopic (exact) mass is 204 g/mol. The molecule has 0 atom stereocenters. The van der Waals surface area contributed by atoms with Crippen molar-refractivity contribution in [2.24, 2.45) is 0 Å². The minimum Gasteiger partial charge on any atom is -0.385 e. The predicted octanol–water partition coefficient (Wildman–Crippen LogP) is 1.59. The molecule has 0 fully saturated rings. The summed E-state index contributed by atoms with van der Waals surface area (Å²) in [6.07, 6.45) is 3.66. The summed E-state index contributed by atoms with van der Waals surface area (Å²) in [6, 6.07) is 0. The van der Waals surface area contributed by atoms with E-state index in [1.807, 2.05) is 0 Å². The molecule has 0 aromatic rings. The SMILES string of the molecule is CCNCCCN(C)CCCCOC.[HH]. The number of ether oxygens (including phenoxy) is 1. The van der Waals surface area contributed by atoms with E-state index in [1.165, 1.54) is 32.4 Å². The molecule has 3 nitrogen and oxygen atoms in total. The third kappa shape index (κ3) is 9.96. The molecule has 0 bridgehead atoms. The summed E-state index contributed by atoms with van der Waals surface area (Å²) in [4.78, 5) is 2.40. The molecule has 0 unspecified atom stereocenters. The molecule has 88 valence electrons. The third-order valence-electron chi connectivity index (χ3n) is 2.28. The normalized spacial score (nSPS) is 11.1. The Balaban J connectivity index is 0. The average Bonchev–Trinajstić information content (AvgIpc) is 2.19. The number of nitrogens with zero attached hydrogens (tertiary/aromatic N) is 1. The quantitative estimate of drug-likeness (QED) is 0.547. The van der Waals surface area contributed by atoms with Crippen molar-refractivity contribution < 1.29 is 6.16 Å². The lowest BCUT2D eigenvalue weighted by Gasteiger charge is -2.16. The van der Waals surface area contributed by atoms with E-state index in [2.05, 4.69) is 24.2 Å². The summed E-state index contributed by atoms with van der Waals surface area (Å²) in [5.74, 6) is 0. The molecule has 0 aromatic heterocycles. The van der Waals surface area contributed by atoms with Gasteiger partial charge in [-0.1, -0.05) is 6.92 Å². The highest BCUT2D eigenvalue weighted by Gasteiger charge is 1.97. The van der Waals surface area contributed by atoms with Crippen LogP contribution in [-0.4, -0.2) is 51.8 Å². The second-order valence-electron chi connectivity index (χ2n) is 3.71. The summed E-state index contributed by atoms with van der Waals surface area (Å²) in [6.45, 7) is 7.64. The van der Waals surface area contributed by atoms with Gasteiger partial charge in [0, 0.05) is 15.1 Å². The molecule has 0 aromatic carbocycles. The fraction of sp³-hybridized carbons (Fsp3) is 1.00. The smallest absolute Gasteiger partial charge is 0.0462 e. The van der Waals surface area contributed by atoms with Crippen molar-refractivity contribution in [1.82, 2.24) is 10.2 Å². The second kappa shape index (κ2) is 11.0. The highest BCUT2D eigenvalue weighted by Crippen LogP contribution is 1.94. The Bertz CT molecular complexity index is 103. The molecule has 1 N–H and O–H groups in total. The molecule has 14 heavy (non-hydrogen) atoms. The summed E-state index contributed by atoms with van der Waals surface area (Å²) in [7, 11) is 3.96. The van der Waals surface area contributed by atoms with Crippen molar-refractivity contribution in [2.45, 2.75) is 26.2 Å². The third-order valence-corrected chi connectivity index (χ3v) is 2.28. The Hall–Kier alpha value is -0.120. The second-order valence-corrected chi connectivity index (χ2v) is 3.71. The van der Waals surface area contributed by atoms with E-state index in [9.17, 15) is 0 Å². The first kappa shape index (κ1) is 13.9. The first-order valence-corrected chi connectivity index (χ1v) is 5.69. The number of nitrogens with one attached hydrogen (secondary N) is 1. The van der Waals surface area contributed by atoms with Crippen molar-refractivity contribution in [3.63, 3.8) is 0 Å². The minimum absolute atomic E-state index is 0. The van der Waals surface area contributed by atoms with Gasteiger partial charge in [0.1, 0.15) is 0 Å². The van der Waals surface area contributed by atoms with E-state index in [4.69, 9.17) is 4.74 Å². The Morgan fingerprint density at radius 2 is 1.93 bits per heavy atom. The van der Waals surface area contributed by atoms with Gasteiger partial charge < -0.3 is 15.0 Å². The Morgan fingerprint density at radius 1 is 1.21 bits per heavy atom. The Labute approximate surface area is 90.3 Å². The van der Waals surface area contributed by atoms with Gasteiger partial charge in [0.05, 0.1) is 0 Å². The lowest BCUT2D eigenvalue weighted by Crippen LogP contribution is -2.25. The molecule has 3 heteroatoms. The molecule has 0 aliphatic rings. The van der Waals surface area contributed by atoms with Gasteiger partial charge in [-0.2, -0.15) is 0 Å². The van der Waals surface area contributed by atoms with Crippen LogP contribution in [0.15, 0.2) is 0 Å². The van der Waals surface area contributed by atoms with Gasteiger partial charge >= 0.3 is 0 Å². The number of rotatable bonds is 10. The molecular weight excluding hydrogens is 176 g/mol. The van der Waals surface area contributed by atoms with Gasteiger partial charge in [0.15, 0.2) is 0 Å². The summed E-state index contributed by atoms with van der Waals surface area (Å²) >= 11 is 0. The zero-order chi connectivity index (χ0) is 10.6. The topological polar surface area (TPSA) is 24.5 Å². The predicted molar refractivity (Wildman–Crippen MR) is 63.9 cm³/mol. The van der Waals surface area contributed by atoms with Crippen LogP contribution in [0.1, 0.15) is 27.6 Å². The first-order chi connectivity index (χ1) is 6.81. The maximum Gasteiger partial charge on any atom is 0.0462 e. The summed E-state index contributed by atoms with van der Waals surface area (Å²) in [5, 5.41) is 3.33. The van der Waals surface area contributed by atoms with Crippen molar-refractivity contribution in [3.8, 4) is 0 Å². The highest BCUT2D eigenvalue weighted by molar-refractivity contribution is 4.54. The summed E-state index contributed by atoms with van der Waals surface area (Å²) in [5.41, 5.74) is 0. The Morgan fingerprint density at radius 3 is 2.57 bits per heavy atom. The number of unbranched alkanes of at least 4 members (excludes halogenated alkanes) is 1. The Kier molecular flexibility index (Phi) is 10.9. The van der Waals surface area contributed by atoms with Crippen LogP contribution in [0.4, 0.5) is 0 Å². The van der Waals surface area contributed by atoms with E-state index in [0.717, 1.165) is 19.7 Å². The molecule has 0 aliphatic heterocycles. The number of hydrogen-bond donors (Lipinski definition) is 1. The van der Waals surface area contributed by atoms with Gasteiger partial charge in [-0.25, -0.2) is 0 Å². The molecule has 0 saturated heterocycles.